The molecule has 1 heterocycles. The maximum Gasteiger partial charge on any atom is 0.118 e. The van der Waals surface area contributed by atoms with Crippen LogP contribution in [0.25, 0.3) is 0 Å². The van der Waals surface area contributed by atoms with Crippen LogP contribution in [0.2, 0.25) is 0 Å². The Morgan fingerprint density at radius 3 is 2.78 bits per heavy atom. The van der Waals surface area contributed by atoms with E-state index in [1.54, 1.807) is 11.8 Å². The van der Waals surface area contributed by atoms with Crippen LogP contribution < -0.4 is 0 Å². The number of halogens is 1. The average Bonchev–Trinajstić information content (AvgIpc) is 1.88. The summed E-state index contributed by atoms with van der Waals surface area (Å²) in [6, 6.07) is 1.88. The number of hydrogen-bond donors (Lipinski definition) is 0. The molecule has 0 saturated carbocycles. The molecule has 0 fully saturated rings. The Labute approximate surface area is 66.2 Å². The van der Waals surface area contributed by atoms with Crippen molar-refractivity contribution in [2.45, 2.75) is 5.03 Å². The van der Waals surface area contributed by atoms with Gasteiger partial charge < -0.3 is 0 Å². The standard InChI is InChI=1S/C5H5BrN2S/c1-9-5-2-4(6)7-3-8-5/h2-3H,1H3. The fourth-order valence-corrected chi connectivity index (χ4v) is 1.27. The van der Waals surface area contributed by atoms with Crippen molar-refractivity contribution in [2.24, 2.45) is 0 Å². The normalized spacial score (nSPS) is 9.56. The van der Waals surface area contributed by atoms with Gasteiger partial charge in [-0.3, -0.25) is 0 Å². The van der Waals surface area contributed by atoms with Gasteiger partial charge in [0.15, 0.2) is 0 Å². The summed E-state index contributed by atoms with van der Waals surface area (Å²) in [5.74, 6) is 0. The van der Waals surface area contributed by atoms with Crippen LogP contribution in [0.15, 0.2) is 22.0 Å². The topological polar surface area (TPSA) is 25.8 Å². The Morgan fingerprint density at radius 1 is 1.56 bits per heavy atom. The fourth-order valence-electron chi connectivity index (χ4n) is 0.429. The van der Waals surface area contributed by atoms with E-state index in [4.69, 9.17) is 0 Å². The van der Waals surface area contributed by atoms with Gasteiger partial charge >= 0.3 is 0 Å². The van der Waals surface area contributed by atoms with Gasteiger partial charge in [0, 0.05) is 6.07 Å². The largest absolute Gasteiger partial charge is 0.230 e. The quantitative estimate of drug-likeness (QED) is 0.517. The summed E-state index contributed by atoms with van der Waals surface area (Å²) in [5.41, 5.74) is 0. The van der Waals surface area contributed by atoms with E-state index in [9.17, 15) is 0 Å². The zero-order valence-corrected chi connectivity index (χ0v) is 7.24. The minimum absolute atomic E-state index is 0.835. The first-order valence-electron chi connectivity index (χ1n) is 2.34. The van der Waals surface area contributed by atoms with Crippen molar-refractivity contribution in [1.29, 1.82) is 0 Å². The molecule has 0 atom stereocenters. The van der Waals surface area contributed by atoms with Crippen molar-refractivity contribution in [1.82, 2.24) is 9.97 Å². The number of thioether (sulfide) groups is 1. The van der Waals surface area contributed by atoms with Crippen molar-refractivity contribution in [2.75, 3.05) is 6.26 Å². The van der Waals surface area contributed by atoms with Gasteiger partial charge in [-0.1, -0.05) is 0 Å². The Balaban J connectivity index is 2.94. The van der Waals surface area contributed by atoms with Crippen molar-refractivity contribution in [3.63, 3.8) is 0 Å². The van der Waals surface area contributed by atoms with Gasteiger partial charge in [-0.15, -0.1) is 11.8 Å². The SMILES string of the molecule is CSc1cc(Br)ncn1. The first-order valence-corrected chi connectivity index (χ1v) is 4.36. The van der Waals surface area contributed by atoms with E-state index in [2.05, 4.69) is 25.9 Å². The maximum atomic E-state index is 3.98. The molecule has 0 amide bonds. The summed E-state index contributed by atoms with van der Waals surface area (Å²) in [6.07, 6.45) is 3.52. The second-order valence-electron chi connectivity index (χ2n) is 1.38. The molecule has 2 nitrogen and oxygen atoms in total. The van der Waals surface area contributed by atoms with Crippen LogP contribution in [-0.2, 0) is 0 Å². The molecule has 0 saturated heterocycles. The van der Waals surface area contributed by atoms with Gasteiger partial charge in [0.1, 0.15) is 16.0 Å². The Hall–Kier alpha value is -0.0900. The average molecular weight is 205 g/mol. The number of rotatable bonds is 1. The van der Waals surface area contributed by atoms with Crippen LogP contribution in [0.4, 0.5) is 0 Å². The minimum atomic E-state index is 0.835. The number of aromatic nitrogens is 2. The molecule has 0 aromatic carbocycles. The van der Waals surface area contributed by atoms with Crippen LogP contribution in [0.5, 0.6) is 0 Å². The molecule has 0 unspecified atom stereocenters. The van der Waals surface area contributed by atoms with Crippen molar-refractivity contribution < 1.29 is 0 Å². The molecule has 0 radical (unpaired) electrons. The van der Waals surface area contributed by atoms with E-state index in [0.29, 0.717) is 0 Å². The van der Waals surface area contributed by atoms with Gasteiger partial charge in [0.05, 0.1) is 0 Å². The Bertz CT molecular complexity index is 204. The molecule has 9 heavy (non-hydrogen) atoms. The predicted molar refractivity (Wildman–Crippen MR) is 41.5 cm³/mol. The van der Waals surface area contributed by atoms with E-state index in [1.807, 2.05) is 12.3 Å². The highest BCUT2D eigenvalue weighted by atomic mass is 79.9. The summed E-state index contributed by atoms with van der Waals surface area (Å²) in [4.78, 5) is 7.86. The number of nitrogens with zero attached hydrogens (tertiary/aromatic N) is 2. The molecular weight excluding hydrogens is 200 g/mol. The lowest BCUT2D eigenvalue weighted by Crippen LogP contribution is -1.80. The highest BCUT2D eigenvalue weighted by Gasteiger charge is 1.90. The molecule has 4 heteroatoms. The first-order chi connectivity index (χ1) is 4.33. The molecule has 1 rings (SSSR count). The molecule has 48 valence electrons. The molecule has 0 bridgehead atoms. The third-order valence-electron chi connectivity index (χ3n) is 0.818. The van der Waals surface area contributed by atoms with Crippen molar-refractivity contribution >= 4 is 27.7 Å². The molecule has 0 aliphatic rings. The zero-order chi connectivity index (χ0) is 6.69. The van der Waals surface area contributed by atoms with Crippen LogP contribution in [-0.4, -0.2) is 16.2 Å². The summed E-state index contributed by atoms with van der Waals surface area (Å²) < 4.78 is 0.835. The van der Waals surface area contributed by atoms with Gasteiger partial charge in [-0.05, 0) is 22.2 Å². The zero-order valence-electron chi connectivity index (χ0n) is 4.84. The lowest BCUT2D eigenvalue weighted by Gasteiger charge is -1.91. The highest BCUT2D eigenvalue weighted by Crippen LogP contribution is 2.13. The van der Waals surface area contributed by atoms with Gasteiger partial charge in [0.25, 0.3) is 0 Å². The molecular formula is C5H5BrN2S. The highest BCUT2D eigenvalue weighted by molar-refractivity contribution is 9.10. The van der Waals surface area contributed by atoms with Crippen LogP contribution >= 0.6 is 27.7 Å². The van der Waals surface area contributed by atoms with E-state index < -0.39 is 0 Å². The van der Waals surface area contributed by atoms with Gasteiger partial charge in [-0.2, -0.15) is 0 Å². The summed E-state index contributed by atoms with van der Waals surface area (Å²) in [5, 5.41) is 0.983. The van der Waals surface area contributed by atoms with Gasteiger partial charge in [0.2, 0.25) is 0 Å². The predicted octanol–water partition coefficient (Wildman–Crippen LogP) is 1.96. The second kappa shape index (κ2) is 3.17. The van der Waals surface area contributed by atoms with Crippen LogP contribution in [0, 0.1) is 0 Å². The lowest BCUT2D eigenvalue weighted by molar-refractivity contribution is 1.03. The Kier molecular flexibility index (Phi) is 2.48. The maximum absolute atomic E-state index is 3.98. The van der Waals surface area contributed by atoms with Crippen LogP contribution in [0.1, 0.15) is 0 Å². The van der Waals surface area contributed by atoms with Gasteiger partial charge in [-0.25, -0.2) is 9.97 Å². The second-order valence-corrected chi connectivity index (χ2v) is 3.02. The van der Waals surface area contributed by atoms with E-state index in [1.165, 1.54) is 6.33 Å². The van der Waals surface area contributed by atoms with E-state index >= 15 is 0 Å². The molecule has 1 aromatic heterocycles. The molecule has 1 aromatic rings. The smallest absolute Gasteiger partial charge is 0.118 e. The van der Waals surface area contributed by atoms with E-state index in [0.717, 1.165) is 9.63 Å². The van der Waals surface area contributed by atoms with E-state index in [-0.39, 0.29) is 0 Å². The third kappa shape index (κ3) is 1.95. The Morgan fingerprint density at radius 2 is 2.33 bits per heavy atom. The van der Waals surface area contributed by atoms with Crippen molar-refractivity contribution in [3.05, 3.63) is 17.0 Å². The molecule has 0 aliphatic heterocycles. The summed E-state index contributed by atoms with van der Waals surface area (Å²) >= 11 is 4.84. The monoisotopic (exact) mass is 204 g/mol. The first kappa shape index (κ1) is 7.02. The molecule has 0 aliphatic carbocycles. The molecule has 0 spiro atoms. The lowest BCUT2D eigenvalue weighted by atomic mass is 10.7. The summed E-state index contributed by atoms with van der Waals surface area (Å²) in [6.45, 7) is 0. The number of hydrogen-bond acceptors (Lipinski definition) is 3. The summed E-state index contributed by atoms with van der Waals surface area (Å²) in [7, 11) is 0. The van der Waals surface area contributed by atoms with Crippen LogP contribution in [0.3, 0.4) is 0 Å². The molecule has 0 N–H and O–H groups in total. The third-order valence-corrected chi connectivity index (χ3v) is 1.89. The minimum Gasteiger partial charge on any atom is -0.230 e. The van der Waals surface area contributed by atoms with Crippen molar-refractivity contribution in [3.8, 4) is 0 Å². The fraction of sp³-hybridized carbons (Fsp3) is 0.200.